The molecule has 4 atom stereocenters. The Balaban J connectivity index is 1.97. The Morgan fingerprint density at radius 3 is 2.72 bits per heavy atom. The van der Waals surface area contributed by atoms with E-state index in [4.69, 9.17) is 9.47 Å². The molecule has 1 aliphatic carbocycles. The van der Waals surface area contributed by atoms with Crippen molar-refractivity contribution < 1.29 is 19.1 Å². The molecule has 1 N–H and O–H groups in total. The Labute approximate surface area is 120 Å². The monoisotopic (exact) mass is 367 g/mol. The number of alkyl halides is 1. The lowest BCUT2D eigenvalue weighted by atomic mass is 9.85. The van der Waals surface area contributed by atoms with Crippen LogP contribution in [0.4, 0.5) is 4.79 Å². The van der Waals surface area contributed by atoms with E-state index in [-0.39, 0.29) is 28.0 Å². The minimum absolute atomic E-state index is 0.0137. The van der Waals surface area contributed by atoms with E-state index < -0.39 is 11.7 Å². The van der Waals surface area contributed by atoms with Crippen molar-refractivity contribution in [1.29, 1.82) is 0 Å². The van der Waals surface area contributed by atoms with E-state index in [9.17, 15) is 9.59 Å². The van der Waals surface area contributed by atoms with Crippen LogP contribution in [0.1, 0.15) is 33.6 Å². The molecule has 18 heavy (non-hydrogen) atoms. The second-order valence-corrected chi connectivity index (χ2v) is 7.42. The number of halogens is 1. The van der Waals surface area contributed by atoms with E-state index in [1.54, 1.807) is 0 Å². The first kappa shape index (κ1) is 13.9. The summed E-state index contributed by atoms with van der Waals surface area (Å²) in [6.07, 6.45) is 1.00. The molecule has 1 saturated carbocycles. The number of amides is 1. The minimum atomic E-state index is -0.527. The molecule has 2 fully saturated rings. The van der Waals surface area contributed by atoms with Crippen LogP contribution in [0.2, 0.25) is 0 Å². The zero-order chi connectivity index (χ0) is 13.5. The number of nitrogens with one attached hydrogen (secondary N) is 1. The average Bonchev–Trinajstić information content (AvgIpc) is 2.51. The fourth-order valence-electron chi connectivity index (χ4n) is 2.36. The molecule has 0 spiro atoms. The molecular weight excluding hydrogens is 349 g/mol. The molecule has 1 amide bonds. The molecule has 0 aromatic heterocycles. The molecule has 1 heterocycles. The molecule has 0 unspecified atom stereocenters. The third kappa shape index (κ3) is 3.07. The third-order valence-electron chi connectivity index (χ3n) is 3.13. The Morgan fingerprint density at radius 1 is 1.44 bits per heavy atom. The first-order valence-corrected chi connectivity index (χ1v) is 7.35. The van der Waals surface area contributed by atoms with Gasteiger partial charge in [0.25, 0.3) is 0 Å². The molecule has 102 valence electrons. The van der Waals surface area contributed by atoms with Crippen molar-refractivity contribution >= 4 is 34.7 Å². The Hall–Kier alpha value is -0.530. The number of hydrogen-bond donors (Lipinski definition) is 1. The summed E-state index contributed by atoms with van der Waals surface area (Å²) in [6, 6.07) is -0.173. The number of carbonyl (C=O) groups excluding carboxylic acids is 2. The maximum Gasteiger partial charge on any atom is 0.407 e. The Kier molecular flexibility index (Phi) is 3.75. The van der Waals surface area contributed by atoms with Gasteiger partial charge in [-0.25, -0.2) is 4.79 Å². The number of esters is 1. The highest BCUT2D eigenvalue weighted by Gasteiger charge is 2.48. The second kappa shape index (κ2) is 4.86. The molecule has 2 rings (SSSR count). The van der Waals surface area contributed by atoms with Gasteiger partial charge in [-0.2, -0.15) is 0 Å². The number of alkyl carbamates (subject to hydrolysis) is 1. The van der Waals surface area contributed by atoms with Gasteiger partial charge in [0.05, 0.1) is 9.84 Å². The van der Waals surface area contributed by atoms with E-state index in [1.165, 1.54) is 0 Å². The molecule has 1 aliphatic heterocycles. The molecule has 6 heteroatoms. The lowest BCUT2D eigenvalue weighted by molar-refractivity contribution is -0.143. The summed E-state index contributed by atoms with van der Waals surface area (Å²) in [5.41, 5.74) is -0.527. The van der Waals surface area contributed by atoms with Crippen molar-refractivity contribution in [2.24, 2.45) is 5.92 Å². The van der Waals surface area contributed by atoms with Crippen LogP contribution in [0.15, 0.2) is 0 Å². The van der Waals surface area contributed by atoms with Gasteiger partial charge in [0.1, 0.15) is 11.7 Å². The summed E-state index contributed by atoms with van der Waals surface area (Å²) in [5.74, 6) is -0.409. The molecule has 2 bridgehead atoms. The molecule has 2 aliphatic rings. The average molecular weight is 367 g/mol. The van der Waals surface area contributed by atoms with E-state index in [1.807, 2.05) is 20.8 Å². The molecule has 5 nitrogen and oxygen atoms in total. The highest BCUT2D eigenvalue weighted by atomic mass is 127. The van der Waals surface area contributed by atoms with Crippen LogP contribution in [-0.2, 0) is 14.3 Å². The van der Waals surface area contributed by atoms with Crippen LogP contribution in [-0.4, -0.2) is 33.7 Å². The number of carbonyl (C=O) groups is 2. The minimum Gasteiger partial charge on any atom is -0.461 e. The molecule has 1 saturated heterocycles. The first-order valence-electron chi connectivity index (χ1n) is 6.10. The maximum atomic E-state index is 11.7. The third-order valence-corrected chi connectivity index (χ3v) is 4.44. The van der Waals surface area contributed by atoms with Gasteiger partial charge >= 0.3 is 12.1 Å². The van der Waals surface area contributed by atoms with E-state index in [2.05, 4.69) is 27.9 Å². The van der Waals surface area contributed by atoms with Gasteiger partial charge in [0.2, 0.25) is 0 Å². The summed E-state index contributed by atoms with van der Waals surface area (Å²) in [5, 5.41) is 2.80. The zero-order valence-corrected chi connectivity index (χ0v) is 12.9. The van der Waals surface area contributed by atoms with E-state index in [0.29, 0.717) is 6.42 Å². The van der Waals surface area contributed by atoms with Crippen molar-refractivity contribution in [2.45, 2.75) is 55.3 Å². The normalized spacial score (nSPS) is 35.0. The van der Waals surface area contributed by atoms with Crippen molar-refractivity contribution in [3.05, 3.63) is 0 Å². The van der Waals surface area contributed by atoms with Crippen LogP contribution < -0.4 is 5.32 Å². The fraction of sp³-hybridized carbons (Fsp3) is 0.833. The molecule has 0 aromatic carbocycles. The van der Waals surface area contributed by atoms with Crippen LogP contribution in [0.25, 0.3) is 0 Å². The summed E-state index contributed by atoms with van der Waals surface area (Å²) in [7, 11) is 0. The first-order chi connectivity index (χ1) is 8.26. The summed E-state index contributed by atoms with van der Waals surface area (Å²) in [6.45, 7) is 5.44. The standard InChI is InChI=1S/C12H18INO4/c1-12(2,3)18-11(16)14-8-5-7(13)9-4-6(8)10(15)17-9/h6-9H,4-5H2,1-3H3,(H,14,16)/t6-,7-,8+,9-/m0/s1. The topological polar surface area (TPSA) is 64.6 Å². The lowest BCUT2D eigenvalue weighted by Gasteiger charge is -2.30. The van der Waals surface area contributed by atoms with Gasteiger partial charge in [0, 0.05) is 12.5 Å². The van der Waals surface area contributed by atoms with Gasteiger partial charge in [-0.15, -0.1) is 0 Å². The van der Waals surface area contributed by atoms with Gasteiger partial charge in [-0.1, -0.05) is 22.6 Å². The van der Waals surface area contributed by atoms with Gasteiger partial charge in [-0.05, 0) is 27.2 Å². The Bertz CT molecular complexity index is 366. The summed E-state index contributed by atoms with van der Waals surface area (Å²) in [4.78, 5) is 23.4. The SMILES string of the molecule is CC(C)(C)OC(=O)N[C@@H]1C[C@H](I)[C@@H]2C[C@@H]1C(=O)O2. The summed E-state index contributed by atoms with van der Waals surface area (Å²) < 4.78 is 10.7. The maximum absolute atomic E-state index is 11.7. The number of ether oxygens (including phenoxy) is 2. The van der Waals surface area contributed by atoms with E-state index in [0.717, 1.165) is 6.42 Å². The van der Waals surface area contributed by atoms with Crippen LogP contribution in [0.5, 0.6) is 0 Å². The molecular formula is C12H18INO4. The smallest absolute Gasteiger partial charge is 0.407 e. The predicted octanol–water partition coefficient (Wildman–Crippen LogP) is 2.02. The van der Waals surface area contributed by atoms with Crippen LogP contribution in [0.3, 0.4) is 0 Å². The second-order valence-electron chi connectivity index (χ2n) is 5.82. The van der Waals surface area contributed by atoms with Crippen molar-refractivity contribution in [3.8, 4) is 0 Å². The van der Waals surface area contributed by atoms with E-state index >= 15 is 0 Å². The van der Waals surface area contributed by atoms with Crippen molar-refractivity contribution in [3.63, 3.8) is 0 Å². The number of fused-ring (bicyclic) bond motifs is 2. The van der Waals surface area contributed by atoms with Gasteiger partial charge in [0.15, 0.2) is 0 Å². The summed E-state index contributed by atoms with van der Waals surface area (Å²) >= 11 is 2.28. The van der Waals surface area contributed by atoms with Crippen LogP contribution in [0, 0.1) is 5.92 Å². The Morgan fingerprint density at radius 2 is 2.11 bits per heavy atom. The number of rotatable bonds is 1. The zero-order valence-electron chi connectivity index (χ0n) is 10.7. The molecule has 0 aromatic rings. The quantitative estimate of drug-likeness (QED) is 0.438. The lowest BCUT2D eigenvalue weighted by Crippen LogP contribution is -2.47. The number of hydrogen-bond acceptors (Lipinski definition) is 4. The molecule has 0 radical (unpaired) electrons. The largest absolute Gasteiger partial charge is 0.461 e. The van der Waals surface area contributed by atoms with Crippen molar-refractivity contribution in [1.82, 2.24) is 5.32 Å². The highest BCUT2D eigenvalue weighted by Crippen LogP contribution is 2.38. The fourth-order valence-corrected chi connectivity index (χ4v) is 3.35. The van der Waals surface area contributed by atoms with Crippen LogP contribution >= 0.6 is 22.6 Å². The predicted molar refractivity (Wildman–Crippen MR) is 73.6 cm³/mol. The van der Waals surface area contributed by atoms with Gasteiger partial charge in [-0.3, -0.25) is 4.79 Å². The highest BCUT2D eigenvalue weighted by molar-refractivity contribution is 14.1. The van der Waals surface area contributed by atoms with Gasteiger partial charge < -0.3 is 14.8 Å². The van der Waals surface area contributed by atoms with Crippen molar-refractivity contribution in [2.75, 3.05) is 0 Å².